The van der Waals surface area contributed by atoms with Gasteiger partial charge in [0.15, 0.2) is 0 Å². The van der Waals surface area contributed by atoms with Crippen LogP contribution in [-0.4, -0.2) is 12.0 Å². The monoisotopic (exact) mass is 206 g/mol. The first-order valence-corrected chi connectivity index (χ1v) is 6.17. The summed E-state index contributed by atoms with van der Waals surface area (Å²) in [6.07, 6.45) is 12.0. The standard InChI is InChI=1S/C12H14OS/c1-14-12-6-3-9-2-5-11(13)8-10(9)4-7-12/h4,6-7H,2-3,5,8H2,1H3. The van der Waals surface area contributed by atoms with Gasteiger partial charge in [0.1, 0.15) is 5.78 Å². The molecule has 0 spiro atoms. The molecule has 0 aliphatic heterocycles. The molecule has 0 aromatic rings. The predicted octanol–water partition coefficient (Wildman–Crippen LogP) is 3.24. The third kappa shape index (κ3) is 2.01. The molecule has 2 aliphatic carbocycles. The summed E-state index contributed by atoms with van der Waals surface area (Å²) in [6.45, 7) is 0. The summed E-state index contributed by atoms with van der Waals surface area (Å²) in [4.78, 5) is 12.6. The Bertz CT molecular complexity index is 347. The van der Waals surface area contributed by atoms with E-state index in [1.165, 1.54) is 16.1 Å². The molecule has 0 unspecified atom stereocenters. The third-order valence-electron chi connectivity index (χ3n) is 2.78. The molecule has 0 aromatic carbocycles. The van der Waals surface area contributed by atoms with Crippen LogP contribution in [0, 0.1) is 0 Å². The van der Waals surface area contributed by atoms with E-state index in [1.54, 1.807) is 11.8 Å². The van der Waals surface area contributed by atoms with Gasteiger partial charge in [-0.2, -0.15) is 0 Å². The summed E-state index contributed by atoms with van der Waals surface area (Å²) in [7, 11) is 0. The van der Waals surface area contributed by atoms with Gasteiger partial charge in [0.25, 0.3) is 0 Å². The van der Waals surface area contributed by atoms with Gasteiger partial charge >= 0.3 is 0 Å². The van der Waals surface area contributed by atoms with Crippen LogP contribution in [0.25, 0.3) is 0 Å². The zero-order valence-electron chi connectivity index (χ0n) is 8.38. The van der Waals surface area contributed by atoms with Crippen molar-refractivity contribution in [1.82, 2.24) is 0 Å². The highest BCUT2D eigenvalue weighted by Crippen LogP contribution is 2.30. The maximum atomic E-state index is 11.3. The summed E-state index contributed by atoms with van der Waals surface area (Å²) in [6, 6.07) is 0. The number of hydrogen-bond acceptors (Lipinski definition) is 2. The highest BCUT2D eigenvalue weighted by molar-refractivity contribution is 8.02. The van der Waals surface area contributed by atoms with Crippen molar-refractivity contribution in [2.45, 2.75) is 25.7 Å². The zero-order chi connectivity index (χ0) is 9.97. The van der Waals surface area contributed by atoms with Gasteiger partial charge in [-0.3, -0.25) is 4.79 Å². The van der Waals surface area contributed by atoms with Crippen LogP contribution >= 0.6 is 11.8 Å². The summed E-state index contributed by atoms with van der Waals surface area (Å²) in [5.41, 5.74) is 2.73. The van der Waals surface area contributed by atoms with Crippen molar-refractivity contribution in [2.24, 2.45) is 0 Å². The van der Waals surface area contributed by atoms with Crippen LogP contribution in [0.5, 0.6) is 0 Å². The SMILES string of the molecule is CSC1=CCC2=C(C=C1)CC(=O)CC2. The number of rotatable bonds is 1. The van der Waals surface area contributed by atoms with Crippen molar-refractivity contribution in [3.05, 3.63) is 34.3 Å². The Hall–Kier alpha value is -0.760. The molecule has 2 heteroatoms. The fourth-order valence-electron chi connectivity index (χ4n) is 1.91. The van der Waals surface area contributed by atoms with E-state index >= 15 is 0 Å². The highest BCUT2D eigenvalue weighted by atomic mass is 32.2. The average molecular weight is 206 g/mol. The lowest BCUT2D eigenvalue weighted by Gasteiger charge is -2.15. The second-order valence-electron chi connectivity index (χ2n) is 3.69. The van der Waals surface area contributed by atoms with E-state index in [0.29, 0.717) is 12.2 Å². The first-order valence-electron chi connectivity index (χ1n) is 4.94. The van der Waals surface area contributed by atoms with Gasteiger partial charge < -0.3 is 0 Å². The molecule has 14 heavy (non-hydrogen) atoms. The molecule has 0 heterocycles. The second kappa shape index (κ2) is 4.18. The van der Waals surface area contributed by atoms with Gasteiger partial charge in [-0.15, -0.1) is 11.8 Å². The summed E-state index contributed by atoms with van der Waals surface area (Å²) >= 11 is 1.77. The molecule has 0 aromatic heterocycles. The molecule has 0 saturated carbocycles. The normalized spacial score (nSPS) is 21.8. The van der Waals surface area contributed by atoms with Crippen LogP contribution < -0.4 is 0 Å². The number of carbonyl (C=O) groups is 1. The number of thioether (sulfide) groups is 1. The largest absolute Gasteiger partial charge is 0.299 e. The lowest BCUT2D eigenvalue weighted by atomic mass is 9.89. The van der Waals surface area contributed by atoms with Gasteiger partial charge in [-0.25, -0.2) is 0 Å². The molecule has 0 saturated heterocycles. The van der Waals surface area contributed by atoms with Gasteiger partial charge in [0, 0.05) is 17.7 Å². The Labute approximate surface area is 89.0 Å². The van der Waals surface area contributed by atoms with Gasteiger partial charge in [0.05, 0.1) is 0 Å². The first kappa shape index (κ1) is 9.78. The van der Waals surface area contributed by atoms with E-state index in [2.05, 4.69) is 24.5 Å². The van der Waals surface area contributed by atoms with Crippen molar-refractivity contribution in [2.75, 3.05) is 6.26 Å². The van der Waals surface area contributed by atoms with Crippen LogP contribution in [0.15, 0.2) is 34.3 Å². The van der Waals surface area contributed by atoms with Crippen LogP contribution in [0.4, 0.5) is 0 Å². The average Bonchev–Trinajstić information content (AvgIpc) is 2.39. The Morgan fingerprint density at radius 3 is 2.93 bits per heavy atom. The highest BCUT2D eigenvalue weighted by Gasteiger charge is 2.17. The molecule has 2 aliphatic rings. The second-order valence-corrected chi connectivity index (χ2v) is 4.57. The third-order valence-corrected chi connectivity index (χ3v) is 3.56. The number of ketones is 1. The quantitative estimate of drug-likeness (QED) is 0.655. The van der Waals surface area contributed by atoms with Crippen LogP contribution in [-0.2, 0) is 4.79 Å². The molecule has 0 amide bonds. The van der Waals surface area contributed by atoms with Crippen molar-refractivity contribution >= 4 is 17.5 Å². The van der Waals surface area contributed by atoms with Crippen LogP contribution in [0.2, 0.25) is 0 Å². The number of allylic oxidation sites excluding steroid dienone is 5. The topological polar surface area (TPSA) is 17.1 Å². The number of hydrogen-bond donors (Lipinski definition) is 0. The maximum Gasteiger partial charge on any atom is 0.137 e. The molecule has 0 bridgehead atoms. The summed E-state index contributed by atoms with van der Waals surface area (Å²) < 4.78 is 0. The lowest BCUT2D eigenvalue weighted by Crippen LogP contribution is -2.07. The first-order chi connectivity index (χ1) is 6.79. The fraction of sp³-hybridized carbons (Fsp3) is 0.417. The van der Waals surface area contributed by atoms with E-state index in [0.717, 1.165) is 19.3 Å². The lowest BCUT2D eigenvalue weighted by molar-refractivity contribution is -0.118. The Morgan fingerprint density at radius 2 is 2.14 bits per heavy atom. The minimum atomic E-state index is 0.390. The molecule has 2 rings (SSSR count). The molecule has 0 fully saturated rings. The van der Waals surface area contributed by atoms with E-state index in [1.807, 2.05) is 0 Å². The Balaban J connectivity index is 2.23. The predicted molar refractivity (Wildman–Crippen MR) is 61.2 cm³/mol. The number of carbonyl (C=O) groups excluding carboxylic acids is 1. The van der Waals surface area contributed by atoms with Crippen molar-refractivity contribution < 1.29 is 4.79 Å². The summed E-state index contributed by atoms with van der Waals surface area (Å²) in [5, 5.41) is 0. The summed E-state index contributed by atoms with van der Waals surface area (Å²) in [5.74, 6) is 0.390. The molecule has 1 nitrogen and oxygen atoms in total. The van der Waals surface area contributed by atoms with E-state index in [-0.39, 0.29) is 0 Å². The molecular weight excluding hydrogens is 192 g/mol. The smallest absolute Gasteiger partial charge is 0.137 e. The Morgan fingerprint density at radius 1 is 1.29 bits per heavy atom. The van der Waals surface area contributed by atoms with Crippen LogP contribution in [0.1, 0.15) is 25.7 Å². The van der Waals surface area contributed by atoms with Crippen molar-refractivity contribution in [1.29, 1.82) is 0 Å². The Kier molecular flexibility index (Phi) is 2.92. The fourth-order valence-corrected chi connectivity index (χ4v) is 2.37. The van der Waals surface area contributed by atoms with Crippen LogP contribution in [0.3, 0.4) is 0 Å². The van der Waals surface area contributed by atoms with E-state index in [4.69, 9.17) is 0 Å². The van der Waals surface area contributed by atoms with Gasteiger partial charge in [0.2, 0.25) is 0 Å². The zero-order valence-corrected chi connectivity index (χ0v) is 9.19. The van der Waals surface area contributed by atoms with Crippen molar-refractivity contribution in [3.63, 3.8) is 0 Å². The van der Waals surface area contributed by atoms with Gasteiger partial charge in [-0.1, -0.05) is 17.7 Å². The molecule has 0 N–H and O–H groups in total. The van der Waals surface area contributed by atoms with E-state index in [9.17, 15) is 4.79 Å². The molecule has 0 atom stereocenters. The minimum absolute atomic E-state index is 0.390. The maximum absolute atomic E-state index is 11.3. The number of Topliss-reactive ketones (excluding diaryl/α,β-unsaturated/α-hetero) is 1. The molecular formula is C12H14OS. The molecule has 74 valence electrons. The van der Waals surface area contributed by atoms with Gasteiger partial charge in [-0.05, 0) is 30.7 Å². The molecule has 0 radical (unpaired) electrons. The van der Waals surface area contributed by atoms with E-state index < -0.39 is 0 Å². The minimum Gasteiger partial charge on any atom is -0.299 e. The van der Waals surface area contributed by atoms with Crippen molar-refractivity contribution in [3.8, 4) is 0 Å².